The van der Waals surface area contributed by atoms with Gasteiger partial charge in [-0.3, -0.25) is 4.79 Å². The summed E-state index contributed by atoms with van der Waals surface area (Å²) in [6.07, 6.45) is 2.05. The highest BCUT2D eigenvalue weighted by atomic mass is 16.6. The largest absolute Gasteiger partial charge is 0.486 e. The van der Waals surface area contributed by atoms with Crippen LogP contribution in [0.2, 0.25) is 0 Å². The molecule has 0 radical (unpaired) electrons. The van der Waals surface area contributed by atoms with Crippen LogP contribution in [0.3, 0.4) is 0 Å². The standard InChI is InChI=1S/C27H24O5/c1-17-2-3-18(14-22(17)19-4-6-20(7-5-19)26(29)30)15-25(28)27(10-11-27)21-8-9-23-24(16-21)32-13-12-31-23/h2-9,14,16H,10-13,15H2,1H3,(H,29,30). The molecule has 5 heteroatoms. The van der Waals surface area contributed by atoms with Gasteiger partial charge in [-0.2, -0.15) is 0 Å². The van der Waals surface area contributed by atoms with Crippen molar-refractivity contribution in [3.63, 3.8) is 0 Å². The van der Waals surface area contributed by atoms with Crippen LogP contribution in [-0.4, -0.2) is 30.1 Å². The Bertz CT molecular complexity index is 1210. The molecular weight excluding hydrogens is 404 g/mol. The van der Waals surface area contributed by atoms with Gasteiger partial charge in [-0.05, 0) is 71.8 Å². The third-order valence-electron chi connectivity index (χ3n) is 6.49. The molecule has 32 heavy (non-hydrogen) atoms. The molecule has 3 aromatic carbocycles. The van der Waals surface area contributed by atoms with Crippen LogP contribution in [0.15, 0.2) is 60.7 Å². The quantitative estimate of drug-likeness (QED) is 0.600. The summed E-state index contributed by atoms with van der Waals surface area (Å²) in [6.45, 7) is 3.09. The Labute approximate surface area is 186 Å². The van der Waals surface area contributed by atoms with Crippen molar-refractivity contribution in [1.82, 2.24) is 0 Å². The summed E-state index contributed by atoms with van der Waals surface area (Å²) in [4.78, 5) is 24.5. The molecule has 0 amide bonds. The van der Waals surface area contributed by atoms with E-state index in [9.17, 15) is 9.59 Å². The minimum atomic E-state index is -0.943. The molecule has 162 valence electrons. The number of aryl methyl sites for hydroxylation is 1. The number of carboxylic acids is 1. The molecule has 3 aromatic rings. The van der Waals surface area contributed by atoms with E-state index < -0.39 is 11.4 Å². The second-order valence-electron chi connectivity index (χ2n) is 8.57. The molecule has 1 heterocycles. The minimum absolute atomic E-state index is 0.213. The maximum absolute atomic E-state index is 13.4. The summed E-state index contributed by atoms with van der Waals surface area (Å²) < 4.78 is 11.3. The van der Waals surface area contributed by atoms with E-state index in [1.165, 1.54) is 0 Å². The zero-order chi connectivity index (χ0) is 22.3. The summed E-state index contributed by atoms with van der Waals surface area (Å²) >= 11 is 0. The van der Waals surface area contributed by atoms with Gasteiger partial charge in [-0.25, -0.2) is 4.79 Å². The number of fused-ring (bicyclic) bond motifs is 1. The van der Waals surface area contributed by atoms with E-state index in [1.807, 2.05) is 55.5 Å². The summed E-state index contributed by atoms with van der Waals surface area (Å²) in [5.41, 5.74) is 4.81. The fraction of sp³-hybridized carbons (Fsp3) is 0.259. The predicted octanol–water partition coefficient (Wildman–Crippen LogP) is 4.97. The van der Waals surface area contributed by atoms with Crippen LogP contribution in [0, 0.1) is 6.92 Å². The first-order valence-corrected chi connectivity index (χ1v) is 10.8. The fourth-order valence-corrected chi connectivity index (χ4v) is 4.43. The van der Waals surface area contributed by atoms with E-state index in [0.29, 0.717) is 19.6 Å². The molecular formula is C27H24O5. The van der Waals surface area contributed by atoms with Gasteiger partial charge in [0.2, 0.25) is 0 Å². The van der Waals surface area contributed by atoms with Crippen LogP contribution in [0.4, 0.5) is 0 Å². The van der Waals surface area contributed by atoms with Gasteiger partial charge in [0.05, 0.1) is 11.0 Å². The van der Waals surface area contributed by atoms with Crippen molar-refractivity contribution < 1.29 is 24.2 Å². The average molecular weight is 428 g/mol. The third kappa shape index (κ3) is 3.64. The van der Waals surface area contributed by atoms with Crippen molar-refractivity contribution >= 4 is 11.8 Å². The Balaban J connectivity index is 1.39. The highest BCUT2D eigenvalue weighted by Crippen LogP contribution is 2.51. The molecule has 0 atom stereocenters. The van der Waals surface area contributed by atoms with Gasteiger partial charge in [0, 0.05) is 6.42 Å². The van der Waals surface area contributed by atoms with E-state index in [1.54, 1.807) is 12.1 Å². The van der Waals surface area contributed by atoms with Crippen LogP contribution >= 0.6 is 0 Å². The highest BCUT2D eigenvalue weighted by molar-refractivity contribution is 5.95. The van der Waals surface area contributed by atoms with Crippen molar-refractivity contribution in [2.24, 2.45) is 0 Å². The molecule has 5 nitrogen and oxygen atoms in total. The number of rotatable bonds is 6. The molecule has 5 rings (SSSR count). The lowest BCUT2D eigenvalue weighted by atomic mass is 9.86. The average Bonchev–Trinajstić information content (AvgIpc) is 3.62. The number of aromatic carboxylic acids is 1. The Morgan fingerprint density at radius 2 is 1.62 bits per heavy atom. The molecule has 0 saturated heterocycles. The molecule has 1 N–H and O–H groups in total. The van der Waals surface area contributed by atoms with Crippen molar-refractivity contribution in [2.45, 2.75) is 31.6 Å². The van der Waals surface area contributed by atoms with E-state index in [2.05, 4.69) is 0 Å². The van der Waals surface area contributed by atoms with Gasteiger partial charge < -0.3 is 14.6 Å². The number of hydrogen-bond donors (Lipinski definition) is 1. The first kappa shape index (κ1) is 20.3. The Kier molecular flexibility index (Phi) is 4.97. The zero-order valence-corrected chi connectivity index (χ0v) is 17.9. The number of carboxylic acid groups (broad SMARTS) is 1. The third-order valence-corrected chi connectivity index (χ3v) is 6.49. The van der Waals surface area contributed by atoms with Crippen LogP contribution in [0.1, 0.15) is 39.9 Å². The first-order valence-electron chi connectivity index (χ1n) is 10.8. The van der Waals surface area contributed by atoms with E-state index in [4.69, 9.17) is 14.6 Å². The van der Waals surface area contributed by atoms with Crippen LogP contribution in [-0.2, 0) is 16.6 Å². The maximum Gasteiger partial charge on any atom is 0.335 e. The van der Waals surface area contributed by atoms with Gasteiger partial charge in [-0.15, -0.1) is 0 Å². The zero-order valence-electron chi connectivity index (χ0n) is 17.9. The Hall–Kier alpha value is -3.60. The lowest BCUT2D eigenvalue weighted by Crippen LogP contribution is -2.23. The molecule has 2 aliphatic rings. The van der Waals surface area contributed by atoms with Crippen LogP contribution in [0.5, 0.6) is 11.5 Å². The van der Waals surface area contributed by atoms with Gasteiger partial charge in [0.1, 0.15) is 19.0 Å². The van der Waals surface area contributed by atoms with Crippen molar-refractivity contribution in [3.05, 3.63) is 82.9 Å². The normalized spacial score (nSPS) is 15.8. The Morgan fingerprint density at radius 3 is 2.31 bits per heavy atom. The number of carbonyl (C=O) groups is 2. The number of benzene rings is 3. The number of ether oxygens (including phenoxy) is 2. The monoisotopic (exact) mass is 428 g/mol. The second kappa shape index (κ2) is 7.83. The van der Waals surface area contributed by atoms with Crippen molar-refractivity contribution in [1.29, 1.82) is 0 Å². The van der Waals surface area contributed by atoms with E-state index in [-0.39, 0.29) is 11.3 Å². The Morgan fingerprint density at radius 1 is 0.906 bits per heavy atom. The summed E-state index contributed by atoms with van der Waals surface area (Å²) in [6, 6.07) is 18.8. The van der Waals surface area contributed by atoms with E-state index in [0.717, 1.165) is 52.2 Å². The maximum atomic E-state index is 13.4. The summed E-state index contributed by atoms with van der Waals surface area (Å²) in [5.74, 6) is 0.724. The smallest absolute Gasteiger partial charge is 0.335 e. The van der Waals surface area contributed by atoms with Gasteiger partial charge in [-0.1, -0.05) is 36.4 Å². The van der Waals surface area contributed by atoms with Crippen molar-refractivity contribution in [2.75, 3.05) is 13.2 Å². The van der Waals surface area contributed by atoms with Gasteiger partial charge in [0.15, 0.2) is 11.5 Å². The molecule has 0 unspecified atom stereocenters. The molecule has 1 aliphatic carbocycles. The van der Waals surface area contributed by atoms with Gasteiger partial charge in [0.25, 0.3) is 0 Å². The topological polar surface area (TPSA) is 72.8 Å². The minimum Gasteiger partial charge on any atom is -0.486 e. The summed E-state index contributed by atoms with van der Waals surface area (Å²) in [7, 11) is 0. The number of hydrogen-bond acceptors (Lipinski definition) is 4. The number of Topliss-reactive ketones (excluding diaryl/α,β-unsaturated/α-hetero) is 1. The first-order chi connectivity index (χ1) is 15.5. The number of carbonyl (C=O) groups excluding carboxylic acids is 1. The molecule has 1 aliphatic heterocycles. The predicted molar refractivity (Wildman–Crippen MR) is 121 cm³/mol. The molecule has 0 bridgehead atoms. The molecule has 0 spiro atoms. The van der Waals surface area contributed by atoms with Crippen LogP contribution in [0.25, 0.3) is 11.1 Å². The summed E-state index contributed by atoms with van der Waals surface area (Å²) in [5, 5.41) is 9.13. The lowest BCUT2D eigenvalue weighted by Gasteiger charge is -2.21. The highest BCUT2D eigenvalue weighted by Gasteiger charge is 2.50. The lowest BCUT2D eigenvalue weighted by molar-refractivity contribution is -0.120. The van der Waals surface area contributed by atoms with Crippen molar-refractivity contribution in [3.8, 4) is 22.6 Å². The van der Waals surface area contributed by atoms with Crippen LogP contribution < -0.4 is 9.47 Å². The van der Waals surface area contributed by atoms with Gasteiger partial charge >= 0.3 is 5.97 Å². The SMILES string of the molecule is Cc1ccc(CC(=O)C2(c3ccc4c(c3)OCCO4)CC2)cc1-c1ccc(C(=O)O)cc1. The molecule has 1 saturated carbocycles. The second-order valence-corrected chi connectivity index (χ2v) is 8.57. The molecule has 1 fully saturated rings. The van der Waals surface area contributed by atoms with E-state index >= 15 is 0 Å². The number of ketones is 1. The fourth-order valence-electron chi connectivity index (χ4n) is 4.43. The molecule has 0 aromatic heterocycles.